The lowest BCUT2D eigenvalue weighted by atomic mass is 9.82. The first-order chi connectivity index (χ1) is 10.7. The van der Waals surface area contributed by atoms with Gasteiger partial charge in [-0.3, -0.25) is 0 Å². The van der Waals surface area contributed by atoms with Crippen molar-refractivity contribution in [1.29, 1.82) is 0 Å². The van der Waals surface area contributed by atoms with Crippen LogP contribution in [0.1, 0.15) is 45.6 Å². The summed E-state index contributed by atoms with van der Waals surface area (Å²) < 4.78 is 4.43. The first-order valence-electron chi connectivity index (χ1n) is 8.33. The molecule has 0 radical (unpaired) electrons. The average Bonchev–Trinajstić information content (AvgIpc) is 3.16. The summed E-state index contributed by atoms with van der Waals surface area (Å²) >= 11 is 0. The highest BCUT2D eigenvalue weighted by Gasteiger charge is 2.22. The van der Waals surface area contributed by atoms with Gasteiger partial charge in [-0.05, 0) is 51.4 Å². The van der Waals surface area contributed by atoms with Gasteiger partial charge in [-0.25, -0.2) is 9.97 Å². The fourth-order valence-electron chi connectivity index (χ4n) is 3.45. The van der Waals surface area contributed by atoms with Crippen LogP contribution in [0.3, 0.4) is 0 Å². The topological polar surface area (TPSA) is 55.9 Å². The van der Waals surface area contributed by atoms with Gasteiger partial charge in [-0.15, -0.1) is 0 Å². The molecule has 2 aromatic heterocycles. The molecule has 0 unspecified atom stereocenters. The van der Waals surface area contributed by atoms with Crippen molar-refractivity contribution >= 4 is 0 Å². The molecular formula is C17H26N4O. The Labute approximate surface area is 132 Å². The molecule has 1 N–H and O–H groups in total. The Hall–Kier alpha value is -1.62. The van der Waals surface area contributed by atoms with E-state index >= 15 is 0 Å². The van der Waals surface area contributed by atoms with Crippen LogP contribution in [0.15, 0.2) is 24.9 Å². The normalized spacial score (nSPS) is 22.4. The minimum atomic E-state index is 0.344. The molecule has 1 aliphatic carbocycles. The lowest BCUT2D eigenvalue weighted by Crippen LogP contribution is -2.21. The standard InChI is InChI=1S/C17H26N4O/c1-13(2)21-12-18-9-16(21)17-19-7-8-20(17)10-14-3-5-15(11-22)6-4-14/h7-9,12-15,22H,3-6,10-11H2,1-2H3. The third-order valence-electron chi connectivity index (χ3n) is 4.85. The molecular weight excluding hydrogens is 276 g/mol. The zero-order valence-electron chi connectivity index (χ0n) is 13.5. The van der Waals surface area contributed by atoms with Crippen LogP contribution in [0.25, 0.3) is 11.5 Å². The summed E-state index contributed by atoms with van der Waals surface area (Å²) in [6.45, 7) is 5.68. The van der Waals surface area contributed by atoms with E-state index in [0.29, 0.717) is 24.5 Å². The van der Waals surface area contributed by atoms with Gasteiger partial charge in [0.05, 0.1) is 12.5 Å². The summed E-state index contributed by atoms with van der Waals surface area (Å²) in [6, 6.07) is 0.377. The van der Waals surface area contributed by atoms with E-state index < -0.39 is 0 Å². The van der Waals surface area contributed by atoms with Crippen LogP contribution >= 0.6 is 0 Å². The van der Waals surface area contributed by atoms with Gasteiger partial charge >= 0.3 is 0 Å². The molecule has 1 aliphatic rings. The Morgan fingerprint density at radius 3 is 2.64 bits per heavy atom. The van der Waals surface area contributed by atoms with Gasteiger partial charge in [-0.1, -0.05) is 0 Å². The molecule has 0 atom stereocenters. The fraction of sp³-hybridized carbons (Fsp3) is 0.647. The van der Waals surface area contributed by atoms with E-state index in [-0.39, 0.29) is 0 Å². The molecule has 0 spiro atoms. The van der Waals surface area contributed by atoms with E-state index in [1.54, 1.807) is 0 Å². The molecule has 0 aliphatic heterocycles. The minimum absolute atomic E-state index is 0.344. The molecule has 0 amide bonds. The molecule has 2 aromatic rings. The van der Waals surface area contributed by atoms with Gasteiger partial charge in [-0.2, -0.15) is 0 Å². The van der Waals surface area contributed by atoms with Crippen LogP contribution < -0.4 is 0 Å². The van der Waals surface area contributed by atoms with E-state index in [1.807, 2.05) is 18.7 Å². The molecule has 5 nitrogen and oxygen atoms in total. The van der Waals surface area contributed by atoms with E-state index in [9.17, 15) is 5.11 Å². The van der Waals surface area contributed by atoms with Gasteiger partial charge in [0.2, 0.25) is 0 Å². The Bertz CT molecular complexity index is 593. The number of aliphatic hydroxyl groups is 1. The maximum atomic E-state index is 9.26. The molecule has 5 heteroatoms. The number of hydrogen-bond donors (Lipinski definition) is 1. The van der Waals surface area contributed by atoms with Gasteiger partial charge < -0.3 is 14.2 Å². The minimum Gasteiger partial charge on any atom is -0.396 e. The fourth-order valence-corrected chi connectivity index (χ4v) is 3.45. The molecule has 1 fully saturated rings. The quantitative estimate of drug-likeness (QED) is 0.923. The van der Waals surface area contributed by atoms with Crippen molar-refractivity contribution in [3.05, 3.63) is 24.9 Å². The zero-order chi connectivity index (χ0) is 15.5. The van der Waals surface area contributed by atoms with Crippen molar-refractivity contribution in [2.45, 2.75) is 52.1 Å². The second-order valence-corrected chi connectivity index (χ2v) is 6.75. The van der Waals surface area contributed by atoms with Crippen molar-refractivity contribution in [3.63, 3.8) is 0 Å². The molecule has 0 aromatic carbocycles. The highest BCUT2D eigenvalue weighted by molar-refractivity contribution is 5.49. The highest BCUT2D eigenvalue weighted by Crippen LogP contribution is 2.31. The van der Waals surface area contributed by atoms with Crippen molar-refractivity contribution in [2.24, 2.45) is 11.8 Å². The molecule has 120 valence electrons. The summed E-state index contributed by atoms with van der Waals surface area (Å²) in [7, 11) is 0. The van der Waals surface area contributed by atoms with E-state index in [0.717, 1.165) is 30.9 Å². The first kappa shape index (κ1) is 15.3. The van der Waals surface area contributed by atoms with Gasteiger partial charge in [0.1, 0.15) is 5.69 Å². The summed E-state index contributed by atoms with van der Waals surface area (Å²) in [4.78, 5) is 8.85. The average molecular weight is 302 g/mol. The summed E-state index contributed by atoms with van der Waals surface area (Å²) in [6.07, 6.45) is 12.4. The summed E-state index contributed by atoms with van der Waals surface area (Å²) in [5, 5.41) is 9.26. The number of rotatable bonds is 5. The Morgan fingerprint density at radius 1 is 1.23 bits per heavy atom. The van der Waals surface area contributed by atoms with Crippen LogP contribution in [-0.2, 0) is 6.54 Å². The predicted molar refractivity (Wildman–Crippen MR) is 86.4 cm³/mol. The second-order valence-electron chi connectivity index (χ2n) is 6.75. The van der Waals surface area contributed by atoms with Crippen LogP contribution in [0.4, 0.5) is 0 Å². The van der Waals surface area contributed by atoms with Crippen LogP contribution in [0, 0.1) is 11.8 Å². The van der Waals surface area contributed by atoms with Gasteiger partial charge in [0, 0.05) is 31.6 Å². The van der Waals surface area contributed by atoms with Crippen LogP contribution in [0.2, 0.25) is 0 Å². The van der Waals surface area contributed by atoms with Crippen molar-refractivity contribution in [2.75, 3.05) is 6.61 Å². The third kappa shape index (κ3) is 3.09. The molecule has 3 rings (SSSR count). The highest BCUT2D eigenvalue weighted by atomic mass is 16.3. The number of aromatic nitrogens is 4. The Balaban J connectivity index is 1.74. The predicted octanol–water partition coefficient (Wildman–Crippen LogP) is 3.13. The SMILES string of the molecule is CC(C)n1cncc1-c1nccn1CC1CCC(CO)CC1. The summed E-state index contributed by atoms with van der Waals surface area (Å²) in [5.74, 6) is 2.21. The van der Waals surface area contributed by atoms with E-state index in [4.69, 9.17) is 0 Å². The van der Waals surface area contributed by atoms with E-state index in [2.05, 4.69) is 39.1 Å². The lowest BCUT2D eigenvalue weighted by molar-refractivity contribution is 0.161. The molecule has 2 heterocycles. The van der Waals surface area contributed by atoms with E-state index in [1.165, 1.54) is 12.8 Å². The van der Waals surface area contributed by atoms with Crippen LogP contribution in [-0.4, -0.2) is 30.8 Å². The largest absolute Gasteiger partial charge is 0.396 e. The Kier molecular flexibility index (Phi) is 4.62. The molecule has 22 heavy (non-hydrogen) atoms. The maximum Gasteiger partial charge on any atom is 0.158 e. The number of nitrogens with zero attached hydrogens (tertiary/aromatic N) is 4. The van der Waals surface area contributed by atoms with Crippen molar-refractivity contribution in [3.8, 4) is 11.5 Å². The van der Waals surface area contributed by atoms with Crippen molar-refractivity contribution < 1.29 is 5.11 Å². The summed E-state index contributed by atoms with van der Waals surface area (Å²) in [5.41, 5.74) is 1.09. The number of hydrogen-bond acceptors (Lipinski definition) is 3. The third-order valence-corrected chi connectivity index (χ3v) is 4.85. The lowest BCUT2D eigenvalue weighted by Gasteiger charge is -2.28. The van der Waals surface area contributed by atoms with Gasteiger partial charge in [0.15, 0.2) is 5.82 Å². The van der Waals surface area contributed by atoms with Gasteiger partial charge in [0.25, 0.3) is 0 Å². The Morgan fingerprint density at radius 2 is 1.95 bits per heavy atom. The molecule has 0 saturated heterocycles. The zero-order valence-corrected chi connectivity index (χ0v) is 13.5. The second kappa shape index (κ2) is 6.65. The maximum absolute atomic E-state index is 9.26. The molecule has 1 saturated carbocycles. The number of aliphatic hydroxyl groups excluding tert-OH is 1. The van der Waals surface area contributed by atoms with Crippen LogP contribution in [0.5, 0.6) is 0 Å². The first-order valence-corrected chi connectivity index (χ1v) is 8.33. The smallest absolute Gasteiger partial charge is 0.158 e. The monoisotopic (exact) mass is 302 g/mol. The van der Waals surface area contributed by atoms with Crippen molar-refractivity contribution in [1.82, 2.24) is 19.1 Å². The number of imidazole rings is 2. The molecule has 0 bridgehead atoms.